The van der Waals surface area contributed by atoms with Gasteiger partial charge in [-0.1, -0.05) is 36.4 Å². The molecule has 2 atom stereocenters. The molecule has 1 aliphatic carbocycles. The number of carbonyl (C=O) groups is 1. The Morgan fingerprint density at radius 2 is 1.41 bits per heavy atom. The summed E-state index contributed by atoms with van der Waals surface area (Å²) in [5.41, 5.74) is 0.246. The van der Waals surface area contributed by atoms with Gasteiger partial charge in [0.15, 0.2) is 17.5 Å². The van der Waals surface area contributed by atoms with Gasteiger partial charge >= 0.3 is 11.8 Å². The highest BCUT2D eigenvalue weighted by atomic mass is 19.2. The van der Waals surface area contributed by atoms with Gasteiger partial charge in [0.2, 0.25) is 12.0 Å². The Bertz CT molecular complexity index is 1180. The number of hydrogen-bond acceptors (Lipinski definition) is 3. The van der Waals surface area contributed by atoms with Gasteiger partial charge in [0.25, 0.3) is 0 Å². The van der Waals surface area contributed by atoms with E-state index in [1.165, 1.54) is 36.4 Å². The zero-order valence-electron chi connectivity index (χ0n) is 14.2. The maximum Gasteiger partial charge on any atom is 0.343 e. The zero-order chi connectivity index (χ0) is 20.9. The molecule has 0 bridgehead atoms. The summed E-state index contributed by atoms with van der Waals surface area (Å²) in [6.07, 6.45) is -3.72. The van der Waals surface area contributed by atoms with E-state index in [0.29, 0.717) is 0 Å². The molecule has 0 saturated carbocycles. The standard InChI is InChI=1S/C20H9F6NO2/c21-14-15(22)17(24)20(26,18(25)16(14)23)29-19(28)13-9-5-1-3-7-11(9)27-12-8-4-2-6-10(12)13/h1-8,17H. The number of ether oxygens (including phenoxy) is 1. The van der Waals surface area contributed by atoms with Crippen molar-refractivity contribution in [2.24, 2.45) is 0 Å². The summed E-state index contributed by atoms with van der Waals surface area (Å²) >= 11 is 0. The second kappa shape index (κ2) is 6.61. The number of esters is 1. The molecule has 9 heteroatoms. The molecule has 0 N–H and O–H groups in total. The molecule has 3 nitrogen and oxygen atoms in total. The molecule has 0 fully saturated rings. The summed E-state index contributed by atoms with van der Waals surface area (Å²) in [4.78, 5) is 17.0. The van der Waals surface area contributed by atoms with Gasteiger partial charge in [0, 0.05) is 10.8 Å². The van der Waals surface area contributed by atoms with E-state index >= 15 is 0 Å². The van der Waals surface area contributed by atoms with Gasteiger partial charge in [0.1, 0.15) is 0 Å². The minimum Gasteiger partial charge on any atom is -0.414 e. The topological polar surface area (TPSA) is 39.2 Å². The number of para-hydroxylation sites is 2. The predicted molar refractivity (Wildman–Crippen MR) is 91.9 cm³/mol. The Morgan fingerprint density at radius 3 is 1.97 bits per heavy atom. The minimum absolute atomic E-state index is 0.151. The van der Waals surface area contributed by atoms with Crippen molar-refractivity contribution in [2.45, 2.75) is 12.0 Å². The first kappa shape index (κ1) is 19.0. The van der Waals surface area contributed by atoms with Crippen LogP contribution in [-0.4, -0.2) is 23.0 Å². The van der Waals surface area contributed by atoms with Crippen LogP contribution in [0.4, 0.5) is 26.3 Å². The Labute approximate surface area is 158 Å². The Morgan fingerprint density at radius 1 is 0.897 bits per heavy atom. The van der Waals surface area contributed by atoms with Crippen molar-refractivity contribution < 1.29 is 35.9 Å². The van der Waals surface area contributed by atoms with E-state index in [-0.39, 0.29) is 27.4 Å². The molecule has 2 aromatic carbocycles. The normalized spacial score (nSPS) is 22.5. The summed E-state index contributed by atoms with van der Waals surface area (Å²) in [6, 6.07) is 12.2. The van der Waals surface area contributed by atoms with Crippen molar-refractivity contribution in [3.63, 3.8) is 0 Å². The highest BCUT2D eigenvalue weighted by Crippen LogP contribution is 2.45. The molecule has 4 rings (SSSR count). The van der Waals surface area contributed by atoms with E-state index in [0.717, 1.165) is 0 Å². The van der Waals surface area contributed by atoms with E-state index in [2.05, 4.69) is 9.72 Å². The van der Waals surface area contributed by atoms with Crippen molar-refractivity contribution >= 4 is 27.8 Å². The summed E-state index contributed by atoms with van der Waals surface area (Å²) in [5, 5.41) is 0.302. The average Bonchev–Trinajstić information content (AvgIpc) is 2.73. The first-order chi connectivity index (χ1) is 13.8. The van der Waals surface area contributed by atoms with Crippen LogP contribution in [-0.2, 0) is 4.74 Å². The molecule has 1 aromatic heterocycles. The van der Waals surface area contributed by atoms with Crippen LogP contribution in [0.25, 0.3) is 21.8 Å². The summed E-state index contributed by atoms with van der Waals surface area (Å²) in [7, 11) is 0. The number of carbonyl (C=O) groups excluding carboxylic acids is 1. The number of allylic oxidation sites excluding steroid dienone is 2. The Hall–Kier alpha value is -3.36. The monoisotopic (exact) mass is 409 g/mol. The molecule has 0 radical (unpaired) electrons. The van der Waals surface area contributed by atoms with E-state index in [1.807, 2.05) is 0 Å². The molecule has 148 valence electrons. The number of halogens is 6. The molecule has 3 aromatic rings. The molecule has 0 saturated heterocycles. The number of rotatable bonds is 2. The predicted octanol–water partition coefficient (Wildman–Crippen LogP) is 5.86. The summed E-state index contributed by atoms with van der Waals surface area (Å²) in [5.74, 6) is -16.5. The van der Waals surface area contributed by atoms with E-state index < -0.39 is 41.3 Å². The van der Waals surface area contributed by atoms with E-state index in [1.54, 1.807) is 12.1 Å². The molecule has 29 heavy (non-hydrogen) atoms. The number of pyridine rings is 1. The van der Waals surface area contributed by atoms with Crippen LogP contribution in [0.3, 0.4) is 0 Å². The highest BCUT2D eigenvalue weighted by Gasteiger charge is 2.57. The fraction of sp³-hybridized carbons (Fsp3) is 0.100. The Balaban J connectivity index is 1.89. The number of fused-ring (bicyclic) bond motifs is 2. The molecule has 0 amide bonds. The van der Waals surface area contributed by atoms with Crippen LogP contribution in [0, 0.1) is 0 Å². The van der Waals surface area contributed by atoms with Gasteiger partial charge in [-0.2, -0.15) is 4.39 Å². The fourth-order valence-electron chi connectivity index (χ4n) is 3.08. The lowest BCUT2D eigenvalue weighted by Gasteiger charge is -2.29. The smallest absolute Gasteiger partial charge is 0.343 e. The molecule has 2 unspecified atom stereocenters. The lowest BCUT2D eigenvalue weighted by atomic mass is 10.0. The fourth-order valence-corrected chi connectivity index (χ4v) is 3.08. The lowest BCUT2D eigenvalue weighted by molar-refractivity contribution is -0.134. The van der Waals surface area contributed by atoms with Gasteiger partial charge in [-0.05, 0) is 12.1 Å². The number of hydrogen-bond donors (Lipinski definition) is 0. The number of nitrogens with zero attached hydrogens (tertiary/aromatic N) is 1. The molecule has 1 heterocycles. The third-order valence-corrected chi connectivity index (χ3v) is 4.48. The lowest BCUT2D eigenvalue weighted by Crippen LogP contribution is -2.44. The summed E-state index contributed by atoms with van der Waals surface area (Å²) < 4.78 is 87.2. The van der Waals surface area contributed by atoms with E-state index in [9.17, 15) is 31.1 Å². The number of alkyl halides is 2. The molecule has 0 aliphatic heterocycles. The number of benzene rings is 2. The van der Waals surface area contributed by atoms with E-state index in [4.69, 9.17) is 0 Å². The second-order valence-electron chi connectivity index (χ2n) is 6.21. The molecule has 0 spiro atoms. The van der Waals surface area contributed by atoms with Gasteiger partial charge in [-0.3, -0.25) is 0 Å². The largest absolute Gasteiger partial charge is 0.414 e. The van der Waals surface area contributed by atoms with Crippen molar-refractivity contribution in [1.82, 2.24) is 4.98 Å². The SMILES string of the molecule is O=C(OC1(F)C(F)=C(F)C(F)=C(F)C1F)c1c2ccccc2nc2ccccc12. The third-order valence-electron chi connectivity index (χ3n) is 4.48. The van der Waals surface area contributed by atoms with Crippen molar-refractivity contribution in [2.75, 3.05) is 0 Å². The maximum absolute atomic E-state index is 14.8. The van der Waals surface area contributed by atoms with Gasteiger partial charge in [0.05, 0.1) is 16.6 Å². The van der Waals surface area contributed by atoms with Crippen molar-refractivity contribution in [3.8, 4) is 0 Å². The van der Waals surface area contributed by atoms with Crippen molar-refractivity contribution in [3.05, 3.63) is 77.4 Å². The van der Waals surface area contributed by atoms with Gasteiger partial charge < -0.3 is 4.74 Å². The first-order valence-electron chi connectivity index (χ1n) is 8.20. The summed E-state index contributed by atoms with van der Waals surface area (Å²) in [6.45, 7) is 0. The number of aromatic nitrogens is 1. The highest BCUT2D eigenvalue weighted by molar-refractivity contribution is 6.14. The molecular weight excluding hydrogens is 400 g/mol. The van der Waals surface area contributed by atoms with Gasteiger partial charge in [-0.15, -0.1) is 0 Å². The van der Waals surface area contributed by atoms with Crippen LogP contribution in [0.1, 0.15) is 10.4 Å². The van der Waals surface area contributed by atoms with Crippen LogP contribution in [0.15, 0.2) is 71.8 Å². The molecular formula is C20H9F6NO2. The molecule has 1 aliphatic rings. The van der Waals surface area contributed by atoms with Crippen LogP contribution >= 0.6 is 0 Å². The van der Waals surface area contributed by atoms with Gasteiger partial charge in [-0.25, -0.2) is 31.7 Å². The maximum atomic E-state index is 14.8. The second-order valence-corrected chi connectivity index (χ2v) is 6.21. The first-order valence-corrected chi connectivity index (χ1v) is 8.20. The minimum atomic E-state index is -4.51. The van der Waals surface area contributed by atoms with Crippen LogP contribution < -0.4 is 0 Å². The van der Waals surface area contributed by atoms with Crippen LogP contribution in [0.5, 0.6) is 0 Å². The Kier molecular flexibility index (Phi) is 4.33. The third kappa shape index (κ3) is 2.76. The van der Waals surface area contributed by atoms with Crippen LogP contribution in [0.2, 0.25) is 0 Å². The average molecular weight is 409 g/mol. The van der Waals surface area contributed by atoms with Crippen molar-refractivity contribution in [1.29, 1.82) is 0 Å². The quantitative estimate of drug-likeness (QED) is 0.302. The zero-order valence-corrected chi connectivity index (χ0v) is 14.2.